The minimum atomic E-state index is 0.0775. The van der Waals surface area contributed by atoms with Gasteiger partial charge in [-0.25, -0.2) is 0 Å². The molecule has 19 heavy (non-hydrogen) atoms. The van der Waals surface area contributed by atoms with Crippen molar-refractivity contribution in [2.24, 2.45) is 0 Å². The fourth-order valence-corrected chi connectivity index (χ4v) is 3.87. The Morgan fingerprint density at radius 3 is 2.89 bits per heavy atom. The number of benzene rings is 1. The van der Waals surface area contributed by atoms with Crippen molar-refractivity contribution in [1.82, 2.24) is 10.2 Å². The van der Waals surface area contributed by atoms with E-state index < -0.39 is 0 Å². The topological polar surface area (TPSA) is 32.3 Å². The van der Waals surface area contributed by atoms with Crippen LogP contribution in [-0.2, 0) is 0 Å². The molecule has 3 nitrogen and oxygen atoms in total. The molecule has 0 aromatic heterocycles. The van der Waals surface area contributed by atoms with Gasteiger partial charge in [0, 0.05) is 23.1 Å². The number of nitrogens with zero attached hydrogens (tertiary/aromatic N) is 1. The summed E-state index contributed by atoms with van der Waals surface area (Å²) < 4.78 is 0.898. The summed E-state index contributed by atoms with van der Waals surface area (Å²) in [6, 6.07) is 6.16. The number of rotatable bonds is 1. The van der Waals surface area contributed by atoms with E-state index in [0.717, 1.165) is 36.8 Å². The number of fused-ring (bicyclic) bond motifs is 2. The average Bonchev–Trinajstić information content (AvgIpc) is 2.62. The van der Waals surface area contributed by atoms with Crippen LogP contribution in [0.15, 0.2) is 22.7 Å². The van der Waals surface area contributed by atoms with Crippen molar-refractivity contribution in [3.05, 3.63) is 33.3 Å². The fraction of sp³-hybridized carbons (Fsp3) is 0.500. The molecule has 1 N–H and O–H groups in total. The average molecular weight is 344 g/mol. The quantitative estimate of drug-likeness (QED) is 0.850. The highest BCUT2D eigenvalue weighted by Crippen LogP contribution is 2.31. The van der Waals surface area contributed by atoms with Gasteiger partial charge < -0.3 is 10.2 Å². The smallest absolute Gasteiger partial charge is 0.255 e. The van der Waals surface area contributed by atoms with E-state index in [0.29, 0.717) is 22.7 Å². The second-order valence-corrected chi connectivity index (χ2v) is 6.54. The summed E-state index contributed by atoms with van der Waals surface area (Å²) in [7, 11) is 0. The summed E-state index contributed by atoms with van der Waals surface area (Å²) in [4.78, 5) is 14.8. The third-order valence-electron chi connectivity index (χ3n) is 4.05. The molecular formula is C14H16BrClN2O. The monoisotopic (exact) mass is 342 g/mol. The highest BCUT2D eigenvalue weighted by molar-refractivity contribution is 9.10. The molecule has 2 fully saturated rings. The SMILES string of the molecule is O=C(c1ccc(Br)cc1Cl)N1C2CCNCC1CC2. The van der Waals surface area contributed by atoms with E-state index in [2.05, 4.69) is 26.1 Å². The van der Waals surface area contributed by atoms with Crippen LogP contribution in [0.3, 0.4) is 0 Å². The van der Waals surface area contributed by atoms with Crippen molar-refractivity contribution >= 4 is 33.4 Å². The zero-order chi connectivity index (χ0) is 13.4. The minimum Gasteiger partial charge on any atom is -0.331 e. The second kappa shape index (κ2) is 5.43. The molecule has 2 heterocycles. The Bertz CT molecular complexity index is 494. The van der Waals surface area contributed by atoms with Gasteiger partial charge in [-0.2, -0.15) is 0 Å². The number of nitrogens with one attached hydrogen (secondary N) is 1. The molecule has 0 spiro atoms. The first-order valence-electron chi connectivity index (χ1n) is 6.65. The molecule has 2 aliphatic heterocycles. The van der Waals surface area contributed by atoms with Crippen molar-refractivity contribution in [2.45, 2.75) is 31.3 Å². The Labute approximate surface area is 126 Å². The first-order valence-corrected chi connectivity index (χ1v) is 7.82. The van der Waals surface area contributed by atoms with Gasteiger partial charge in [0.2, 0.25) is 0 Å². The standard InChI is InChI=1S/C14H16BrClN2O/c15-9-1-4-12(13(16)7-9)14(19)18-10-2-3-11(18)8-17-6-5-10/h1,4,7,10-11,17H,2-3,5-6,8H2. The van der Waals surface area contributed by atoms with Crippen molar-refractivity contribution < 1.29 is 4.79 Å². The van der Waals surface area contributed by atoms with E-state index in [4.69, 9.17) is 11.6 Å². The maximum atomic E-state index is 12.7. The lowest BCUT2D eigenvalue weighted by atomic mass is 10.1. The molecule has 2 aliphatic rings. The predicted molar refractivity (Wildman–Crippen MR) is 79.6 cm³/mol. The van der Waals surface area contributed by atoms with Crippen LogP contribution in [0, 0.1) is 0 Å². The lowest BCUT2D eigenvalue weighted by Crippen LogP contribution is -2.42. The van der Waals surface area contributed by atoms with Crippen molar-refractivity contribution in [3.63, 3.8) is 0 Å². The molecule has 102 valence electrons. The van der Waals surface area contributed by atoms with Crippen molar-refractivity contribution in [1.29, 1.82) is 0 Å². The number of halogens is 2. The van der Waals surface area contributed by atoms with E-state index in [1.54, 1.807) is 6.07 Å². The van der Waals surface area contributed by atoms with E-state index in [9.17, 15) is 4.79 Å². The van der Waals surface area contributed by atoms with Crippen LogP contribution in [0.5, 0.6) is 0 Å². The Morgan fingerprint density at radius 1 is 1.32 bits per heavy atom. The third-order valence-corrected chi connectivity index (χ3v) is 4.86. The Balaban J connectivity index is 1.90. The van der Waals surface area contributed by atoms with Gasteiger partial charge in [0.25, 0.3) is 5.91 Å². The van der Waals surface area contributed by atoms with Gasteiger partial charge in [0.1, 0.15) is 0 Å². The van der Waals surface area contributed by atoms with E-state index in [-0.39, 0.29) is 5.91 Å². The number of hydrogen-bond donors (Lipinski definition) is 1. The van der Waals surface area contributed by atoms with Gasteiger partial charge in [-0.15, -0.1) is 0 Å². The molecule has 2 unspecified atom stereocenters. The van der Waals surface area contributed by atoms with Gasteiger partial charge >= 0.3 is 0 Å². The van der Waals surface area contributed by atoms with Crippen molar-refractivity contribution in [3.8, 4) is 0 Å². The fourth-order valence-electron chi connectivity index (χ4n) is 3.12. The van der Waals surface area contributed by atoms with Crippen LogP contribution < -0.4 is 5.32 Å². The minimum absolute atomic E-state index is 0.0775. The lowest BCUT2D eigenvalue weighted by molar-refractivity contribution is 0.0680. The molecule has 1 aromatic rings. The largest absolute Gasteiger partial charge is 0.331 e. The van der Waals surface area contributed by atoms with Gasteiger partial charge in [0.05, 0.1) is 10.6 Å². The number of carbonyl (C=O) groups excluding carboxylic acids is 1. The first-order chi connectivity index (χ1) is 9.16. The lowest BCUT2D eigenvalue weighted by Gasteiger charge is -2.28. The number of carbonyl (C=O) groups is 1. The van der Waals surface area contributed by atoms with Crippen LogP contribution >= 0.6 is 27.5 Å². The predicted octanol–water partition coefficient (Wildman–Crippen LogP) is 3.07. The molecule has 2 bridgehead atoms. The van der Waals surface area contributed by atoms with Crippen LogP contribution in [0.25, 0.3) is 0 Å². The third kappa shape index (κ3) is 2.54. The molecule has 1 amide bonds. The molecule has 0 radical (unpaired) electrons. The normalized spacial score (nSPS) is 26.3. The molecule has 5 heteroatoms. The Kier molecular flexibility index (Phi) is 3.83. The number of amides is 1. The Hall–Kier alpha value is -0.580. The maximum absolute atomic E-state index is 12.7. The zero-order valence-electron chi connectivity index (χ0n) is 10.5. The van der Waals surface area contributed by atoms with Crippen LogP contribution in [0.2, 0.25) is 5.02 Å². The molecule has 0 aliphatic carbocycles. The molecule has 1 aromatic carbocycles. The van der Waals surface area contributed by atoms with Crippen LogP contribution in [-0.4, -0.2) is 36.0 Å². The molecule has 2 saturated heterocycles. The summed E-state index contributed by atoms with van der Waals surface area (Å²) in [5, 5.41) is 3.93. The van der Waals surface area contributed by atoms with E-state index >= 15 is 0 Å². The highest BCUT2D eigenvalue weighted by Gasteiger charge is 2.38. The summed E-state index contributed by atoms with van der Waals surface area (Å²) in [6.07, 6.45) is 3.25. The second-order valence-electron chi connectivity index (χ2n) is 5.21. The summed E-state index contributed by atoms with van der Waals surface area (Å²) in [5.41, 5.74) is 0.615. The van der Waals surface area contributed by atoms with Gasteiger partial charge in [-0.05, 0) is 44.0 Å². The highest BCUT2D eigenvalue weighted by atomic mass is 79.9. The summed E-state index contributed by atoms with van der Waals surface area (Å²) in [6.45, 7) is 1.90. The number of hydrogen-bond acceptors (Lipinski definition) is 2. The maximum Gasteiger partial charge on any atom is 0.255 e. The van der Waals surface area contributed by atoms with Crippen molar-refractivity contribution in [2.75, 3.05) is 13.1 Å². The van der Waals surface area contributed by atoms with Crippen LogP contribution in [0.1, 0.15) is 29.6 Å². The Morgan fingerprint density at radius 2 is 2.11 bits per heavy atom. The summed E-state index contributed by atoms with van der Waals surface area (Å²) >= 11 is 9.58. The molecule has 2 atom stereocenters. The molecule has 0 saturated carbocycles. The molecule has 3 rings (SSSR count). The summed E-state index contributed by atoms with van der Waals surface area (Å²) in [5.74, 6) is 0.0775. The molecular weight excluding hydrogens is 328 g/mol. The zero-order valence-corrected chi connectivity index (χ0v) is 12.9. The van der Waals surface area contributed by atoms with E-state index in [1.165, 1.54) is 0 Å². The van der Waals surface area contributed by atoms with Gasteiger partial charge in [0.15, 0.2) is 0 Å². The van der Waals surface area contributed by atoms with Gasteiger partial charge in [-0.3, -0.25) is 4.79 Å². The van der Waals surface area contributed by atoms with Crippen LogP contribution in [0.4, 0.5) is 0 Å². The first kappa shape index (κ1) is 13.4. The van der Waals surface area contributed by atoms with E-state index in [1.807, 2.05) is 12.1 Å². The van der Waals surface area contributed by atoms with Gasteiger partial charge in [-0.1, -0.05) is 27.5 Å².